The van der Waals surface area contributed by atoms with E-state index in [0.29, 0.717) is 0 Å². The fourth-order valence-corrected chi connectivity index (χ4v) is 2.43. The number of hydrogen-bond donors (Lipinski definition) is 1. The summed E-state index contributed by atoms with van der Waals surface area (Å²) in [5.41, 5.74) is 2.19. The third kappa shape index (κ3) is 4.54. The van der Waals surface area contributed by atoms with E-state index < -0.39 is 0 Å². The highest BCUT2D eigenvalue weighted by Gasteiger charge is 2.15. The van der Waals surface area contributed by atoms with Crippen LogP contribution >= 0.6 is 0 Å². The summed E-state index contributed by atoms with van der Waals surface area (Å²) in [5, 5.41) is 13.6. The average Bonchev–Trinajstić information content (AvgIpc) is 2.51. The van der Waals surface area contributed by atoms with Gasteiger partial charge in [-0.25, -0.2) is 0 Å². The van der Waals surface area contributed by atoms with Crippen LogP contribution in [0.3, 0.4) is 0 Å². The molecule has 1 N–H and O–H groups in total. The zero-order chi connectivity index (χ0) is 15.1. The lowest BCUT2D eigenvalue weighted by atomic mass is 9.90. The van der Waals surface area contributed by atoms with Gasteiger partial charge in [0.2, 0.25) is 0 Å². The van der Waals surface area contributed by atoms with Crippen LogP contribution < -0.4 is 5.32 Å². The molecule has 0 unspecified atom stereocenters. The molecule has 0 aliphatic rings. The van der Waals surface area contributed by atoms with Gasteiger partial charge in [0.25, 0.3) is 0 Å². The van der Waals surface area contributed by atoms with E-state index in [-0.39, 0.29) is 5.41 Å². The number of hydrogen-bond acceptors (Lipinski definition) is 3. The molecule has 1 heterocycles. The first-order valence-corrected chi connectivity index (χ1v) is 7.57. The predicted octanol–water partition coefficient (Wildman–Crippen LogP) is 3.70. The Balaban J connectivity index is 1.77. The van der Waals surface area contributed by atoms with Crippen LogP contribution in [-0.2, 0) is 6.42 Å². The Morgan fingerprint density at radius 3 is 2.81 bits per heavy atom. The van der Waals surface area contributed by atoms with Gasteiger partial charge in [0.05, 0.1) is 17.0 Å². The van der Waals surface area contributed by atoms with E-state index in [1.807, 2.05) is 26.1 Å². The molecule has 0 spiro atoms. The van der Waals surface area contributed by atoms with E-state index in [1.54, 1.807) is 0 Å². The first-order chi connectivity index (χ1) is 10.1. The lowest BCUT2D eigenvalue weighted by Gasteiger charge is -2.14. The lowest BCUT2D eigenvalue weighted by molar-refractivity contribution is 0.426. The highest BCUT2D eigenvalue weighted by atomic mass is 14.8. The van der Waals surface area contributed by atoms with E-state index in [4.69, 9.17) is 5.26 Å². The summed E-state index contributed by atoms with van der Waals surface area (Å²) >= 11 is 0. The number of pyridine rings is 1. The molecule has 1 aromatic heterocycles. The van der Waals surface area contributed by atoms with Crippen molar-refractivity contribution in [2.45, 2.75) is 33.1 Å². The second-order valence-corrected chi connectivity index (χ2v) is 6.09. The maximum atomic E-state index is 8.97. The van der Waals surface area contributed by atoms with Crippen LogP contribution in [-0.4, -0.2) is 18.1 Å². The van der Waals surface area contributed by atoms with Gasteiger partial charge in [-0.1, -0.05) is 24.3 Å². The molecule has 0 aliphatic heterocycles. The summed E-state index contributed by atoms with van der Waals surface area (Å²) in [5.74, 6) is 0. The molecule has 0 aliphatic carbocycles. The zero-order valence-corrected chi connectivity index (χ0v) is 12.9. The van der Waals surface area contributed by atoms with Crippen LogP contribution in [0.5, 0.6) is 0 Å². The van der Waals surface area contributed by atoms with Gasteiger partial charge in [0.15, 0.2) is 0 Å². The molecular weight excluding hydrogens is 258 g/mol. The summed E-state index contributed by atoms with van der Waals surface area (Å²) in [6.07, 6.45) is 4.81. The normalized spacial score (nSPS) is 11.5. The molecule has 0 fully saturated rings. The van der Waals surface area contributed by atoms with Crippen molar-refractivity contribution in [2.75, 3.05) is 13.1 Å². The number of nitrogens with one attached hydrogen (secondary N) is 1. The van der Waals surface area contributed by atoms with Gasteiger partial charge in [-0.3, -0.25) is 4.98 Å². The second-order valence-electron chi connectivity index (χ2n) is 6.09. The molecule has 0 saturated carbocycles. The van der Waals surface area contributed by atoms with Gasteiger partial charge in [0, 0.05) is 11.6 Å². The van der Waals surface area contributed by atoms with Gasteiger partial charge in [-0.2, -0.15) is 5.26 Å². The largest absolute Gasteiger partial charge is 0.316 e. The fourth-order valence-electron chi connectivity index (χ4n) is 2.43. The molecule has 2 rings (SSSR count). The molecule has 3 nitrogen and oxygen atoms in total. The summed E-state index contributed by atoms with van der Waals surface area (Å²) in [7, 11) is 0. The average molecular weight is 281 g/mol. The smallest absolute Gasteiger partial charge is 0.0734 e. The highest BCUT2D eigenvalue weighted by molar-refractivity contribution is 5.81. The minimum atomic E-state index is -0.207. The Labute approximate surface area is 127 Å². The van der Waals surface area contributed by atoms with Crippen molar-refractivity contribution in [1.29, 1.82) is 5.26 Å². The van der Waals surface area contributed by atoms with E-state index in [1.165, 1.54) is 10.9 Å². The van der Waals surface area contributed by atoms with Gasteiger partial charge in [-0.05, 0) is 57.8 Å². The minimum Gasteiger partial charge on any atom is -0.316 e. The molecule has 1 aromatic carbocycles. The van der Waals surface area contributed by atoms with E-state index >= 15 is 0 Å². The molecule has 21 heavy (non-hydrogen) atoms. The van der Waals surface area contributed by atoms with Gasteiger partial charge in [0.1, 0.15) is 0 Å². The highest BCUT2D eigenvalue weighted by Crippen LogP contribution is 2.20. The Morgan fingerprint density at radius 1 is 1.19 bits per heavy atom. The second kappa shape index (κ2) is 7.19. The molecule has 0 atom stereocenters. The quantitative estimate of drug-likeness (QED) is 0.787. The van der Waals surface area contributed by atoms with Crippen molar-refractivity contribution in [1.82, 2.24) is 10.3 Å². The molecular formula is C18H23N3. The van der Waals surface area contributed by atoms with Crippen LogP contribution in [0.1, 0.15) is 32.3 Å². The molecule has 110 valence electrons. The maximum Gasteiger partial charge on any atom is 0.0734 e. The summed E-state index contributed by atoms with van der Waals surface area (Å²) in [4.78, 5) is 4.48. The summed E-state index contributed by atoms with van der Waals surface area (Å²) in [6, 6.07) is 12.8. The summed E-state index contributed by atoms with van der Waals surface area (Å²) < 4.78 is 0. The van der Waals surface area contributed by atoms with E-state index in [2.05, 4.69) is 40.6 Å². The van der Waals surface area contributed by atoms with Crippen molar-refractivity contribution in [3.8, 4) is 6.07 Å². The number of fused-ring (bicyclic) bond motifs is 1. The van der Waals surface area contributed by atoms with Crippen molar-refractivity contribution in [3.05, 3.63) is 42.1 Å². The molecule has 0 bridgehead atoms. The SMILES string of the molecule is CC(C)(C#N)CCCNCCc1cccc2cccnc12. The van der Waals surface area contributed by atoms with Gasteiger partial charge in [-0.15, -0.1) is 0 Å². The van der Waals surface area contributed by atoms with Gasteiger partial charge < -0.3 is 5.32 Å². The van der Waals surface area contributed by atoms with Crippen LogP contribution in [0.4, 0.5) is 0 Å². The van der Waals surface area contributed by atoms with Crippen LogP contribution in [0.25, 0.3) is 10.9 Å². The molecule has 2 aromatic rings. The van der Waals surface area contributed by atoms with Gasteiger partial charge >= 0.3 is 0 Å². The monoisotopic (exact) mass is 281 g/mol. The third-order valence-electron chi connectivity index (χ3n) is 3.75. The number of rotatable bonds is 7. The van der Waals surface area contributed by atoms with E-state index in [9.17, 15) is 0 Å². The standard InChI is InChI=1S/C18H23N3/c1-18(2,14-19)10-5-11-20-13-9-16-7-3-6-15-8-4-12-21-17(15)16/h3-4,6-8,12,20H,5,9-11,13H2,1-2H3. The predicted molar refractivity (Wildman–Crippen MR) is 86.9 cm³/mol. The number of para-hydroxylation sites is 1. The molecule has 0 saturated heterocycles. The lowest BCUT2D eigenvalue weighted by Crippen LogP contribution is -2.20. The first kappa shape index (κ1) is 15.5. The number of aromatic nitrogens is 1. The number of nitrogens with zero attached hydrogens (tertiary/aromatic N) is 2. The maximum absolute atomic E-state index is 8.97. The van der Waals surface area contributed by atoms with Crippen molar-refractivity contribution < 1.29 is 0 Å². The van der Waals surface area contributed by atoms with Crippen LogP contribution in [0.2, 0.25) is 0 Å². The zero-order valence-electron chi connectivity index (χ0n) is 12.9. The number of nitriles is 1. The molecule has 0 amide bonds. The third-order valence-corrected chi connectivity index (χ3v) is 3.75. The minimum absolute atomic E-state index is 0.207. The van der Waals surface area contributed by atoms with E-state index in [0.717, 1.165) is 37.9 Å². The van der Waals surface area contributed by atoms with Crippen molar-refractivity contribution in [2.24, 2.45) is 5.41 Å². The Bertz CT molecular complexity index is 620. The van der Waals surface area contributed by atoms with Crippen molar-refractivity contribution in [3.63, 3.8) is 0 Å². The van der Waals surface area contributed by atoms with Crippen LogP contribution in [0, 0.1) is 16.7 Å². The number of benzene rings is 1. The Morgan fingerprint density at radius 2 is 2.00 bits per heavy atom. The summed E-state index contributed by atoms with van der Waals surface area (Å²) in [6.45, 7) is 5.90. The Hall–Kier alpha value is -1.92. The fraction of sp³-hybridized carbons (Fsp3) is 0.444. The molecule has 3 heteroatoms. The Kier molecular flexibility index (Phi) is 5.30. The van der Waals surface area contributed by atoms with Crippen molar-refractivity contribution >= 4 is 10.9 Å². The topological polar surface area (TPSA) is 48.7 Å². The first-order valence-electron chi connectivity index (χ1n) is 7.57. The molecule has 0 radical (unpaired) electrons. The van der Waals surface area contributed by atoms with Crippen LogP contribution in [0.15, 0.2) is 36.5 Å².